The SMILES string of the molecule is C=C(C)c1sc2cc1-c1ccc(NC(=O)OC)cc1NC(=O)[C@H](C)CCC[C@@H]2NC. The van der Waals surface area contributed by atoms with E-state index in [1.54, 1.807) is 17.4 Å². The van der Waals surface area contributed by atoms with Gasteiger partial charge in [-0.1, -0.05) is 26.0 Å². The number of benzene rings is 1. The monoisotopic (exact) mass is 427 g/mol. The minimum atomic E-state index is -0.555. The van der Waals surface area contributed by atoms with E-state index < -0.39 is 6.09 Å². The van der Waals surface area contributed by atoms with Gasteiger partial charge < -0.3 is 15.4 Å². The van der Waals surface area contributed by atoms with Gasteiger partial charge in [-0.2, -0.15) is 0 Å². The first-order valence-corrected chi connectivity index (χ1v) is 10.9. The van der Waals surface area contributed by atoms with E-state index in [2.05, 4.69) is 28.6 Å². The van der Waals surface area contributed by atoms with Crippen molar-refractivity contribution in [2.24, 2.45) is 5.92 Å². The first-order chi connectivity index (χ1) is 14.3. The Morgan fingerprint density at radius 3 is 2.70 bits per heavy atom. The lowest BCUT2D eigenvalue weighted by molar-refractivity contribution is -0.119. The molecule has 0 saturated carbocycles. The van der Waals surface area contributed by atoms with E-state index in [1.807, 2.05) is 33.0 Å². The Kier molecular flexibility index (Phi) is 6.95. The number of nitrogens with one attached hydrogen (secondary N) is 3. The van der Waals surface area contributed by atoms with Gasteiger partial charge in [-0.3, -0.25) is 10.1 Å². The van der Waals surface area contributed by atoms with Gasteiger partial charge in [-0.25, -0.2) is 4.79 Å². The molecule has 1 aliphatic heterocycles. The van der Waals surface area contributed by atoms with Crippen LogP contribution in [0.4, 0.5) is 16.2 Å². The number of carbonyl (C=O) groups excluding carboxylic acids is 2. The fourth-order valence-electron chi connectivity index (χ4n) is 3.67. The molecule has 3 N–H and O–H groups in total. The van der Waals surface area contributed by atoms with Gasteiger partial charge in [-0.15, -0.1) is 11.3 Å². The number of rotatable bonds is 3. The fourth-order valence-corrected chi connectivity index (χ4v) is 4.92. The number of carbonyl (C=O) groups is 2. The van der Waals surface area contributed by atoms with E-state index >= 15 is 0 Å². The summed E-state index contributed by atoms with van der Waals surface area (Å²) in [7, 11) is 3.29. The highest BCUT2D eigenvalue weighted by atomic mass is 32.1. The van der Waals surface area contributed by atoms with Crippen molar-refractivity contribution in [2.45, 2.75) is 39.2 Å². The van der Waals surface area contributed by atoms with Gasteiger partial charge in [0.15, 0.2) is 0 Å². The van der Waals surface area contributed by atoms with Gasteiger partial charge in [0.1, 0.15) is 0 Å². The normalized spacial score (nSPS) is 19.0. The minimum Gasteiger partial charge on any atom is -0.453 e. The van der Waals surface area contributed by atoms with Crippen molar-refractivity contribution >= 4 is 40.3 Å². The molecule has 30 heavy (non-hydrogen) atoms. The Bertz CT molecular complexity index is 967. The van der Waals surface area contributed by atoms with Crippen LogP contribution in [0.3, 0.4) is 0 Å². The maximum absolute atomic E-state index is 12.9. The van der Waals surface area contributed by atoms with Crippen LogP contribution in [0.15, 0.2) is 30.8 Å². The maximum atomic E-state index is 12.9. The van der Waals surface area contributed by atoms with Crippen LogP contribution in [-0.4, -0.2) is 26.2 Å². The van der Waals surface area contributed by atoms with Crippen LogP contribution in [0, 0.1) is 5.92 Å². The number of hydrogen-bond acceptors (Lipinski definition) is 5. The molecule has 2 amide bonds. The second-order valence-corrected chi connectivity index (χ2v) is 8.80. The van der Waals surface area contributed by atoms with Gasteiger partial charge in [0.2, 0.25) is 5.91 Å². The molecule has 1 aromatic carbocycles. The summed E-state index contributed by atoms with van der Waals surface area (Å²) in [4.78, 5) is 26.9. The largest absolute Gasteiger partial charge is 0.453 e. The number of methoxy groups -OCH3 is 1. The molecule has 3 rings (SSSR count). The van der Waals surface area contributed by atoms with Crippen LogP contribution in [-0.2, 0) is 9.53 Å². The molecule has 0 spiro atoms. The van der Waals surface area contributed by atoms with Gasteiger partial charge in [0.25, 0.3) is 0 Å². The van der Waals surface area contributed by atoms with Crippen molar-refractivity contribution in [3.8, 4) is 11.1 Å². The summed E-state index contributed by atoms with van der Waals surface area (Å²) in [6, 6.07) is 7.94. The molecule has 0 fully saturated rings. The summed E-state index contributed by atoms with van der Waals surface area (Å²) in [6.45, 7) is 8.12. The number of ether oxygens (including phenoxy) is 1. The third-order valence-electron chi connectivity index (χ3n) is 5.41. The summed E-state index contributed by atoms with van der Waals surface area (Å²) in [5.74, 6) is -0.138. The molecule has 0 unspecified atom stereocenters. The van der Waals surface area contributed by atoms with Gasteiger partial charge in [-0.05, 0) is 50.6 Å². The maximum Gasteiger partial charge on any atom is 0.411 e. The average Bonchev–Trinajstić information content (AvgIpc) is 3.15. The minimum absolute atomic E-state index is 0.0274. The van der Waals surface area contributed by atoms with Gasteiger partial charge >= 0.3 is 6.09 Å². The predicted molar refractivity (Wildman–Crippen MR) is 124 cm³/mol. The van der Waals surface area contributed by atoms with E-state index in [-0.39, 0.29) is 17.9 Å². The topological polar surface area (TPSA) is 79.5 Å². The summed E-state index contributed by atoms with van der Waals surface area (Å²) >= 11 is 1.74. The third-order valence-corrected chi connectivity index (χ3v) is 6.82. The summed E-state index contributed by atoms with van der Waals surface area (Å²) in [6.07, 6.45) is 2.18. The lowest BCUT2D eigenvalue weighted by atomic mass is 9.96. The molecule has 7 heteroatoms. The zero-order valence-electron chi connectivity index (χ0n) is 17.9. The molecule has 0 radical (unpaired) electrons. The molecule has 0 saturated heterocycles. The number of amides is 2. The average molecular weight is 428 g/mol. The van der Waals surface area contributed by atoms with Crippen LogP contribution >= 0.6 is 11.3 Å². The van der Waals surface area contributed by atoms with E-state index in [9.17, 15) is 9.59 Å². The summed E-state index contributed by atoms with van der Waals surface area (Å²) in [5.41, 5.74) is 4.14. The van der Waals surface area contributed by atoms with E-state index in [4.69, 9.17) is 4.74 Å². The highest BCUT2D eigenvalue weighted by Gasteiger charge is 2.23. The van der Waals surface area contributed by atoms with Crippen LogP contribution in [0.25, 0.3) is 16.7 Å². The zero-order chi connectivity index (χ0) is 21.8. The second-order valence-electron chi connectivity index (χ2n) is 7.71. The Labute approximate surface area is 181 Å². The molecule has 2 heterocycles. The Morgan fingerprint density at radius 1 is 1.27 bits per heavy atom. The molecule has 6 nitrogen and oxygen atoms in total. The second kappa shape index (κ2) is 9.45. The lowest BCUT2D eigenvalue weighted by Gasteiger charge is -2.19. The van der Waals surface area contributed by atoms with Crippen LogP contribution in [0.5, 0.6) is 0 Å². The molecular weight excluding hydrogens is 398 g/mol. The Morgan fingerprint density at radius 2 is 2.03 bits per heavy atom. The molecule has 1 aromatic heterocycles. The number of thiophene rings is 1. The van der Waals surface area contributed by atoms with Crippen LogP contribution in [0.2, 0.25) is 0 Å². The van der Waals surface area contributed by atoms with Crippen molar-refractivity contribution in [3.63, 3.8) is 0 Å². The first-order valence-electron chi connectivity index (χ1n) is 10.1. The lowest BCUT2D eigenvalue weighted by Crippen LogP contribution is -2.22. The Balaban J connectivity index is 2.17. The van der Waals surface area contributed by atoms with E-state index in [0.717, 1.165) is 40.8 Å². The predicted octanol–water partition coefficient (Wildman–Crippen LogP) is 5.65. The first kappa shape index (κ1) is 22.1. The quantitative estimate of drug-likeness (QED) is 0.592. The number of hydrogen-bond donors (Lipinski definition) is 3. The van der Waals surface area contributed by atoms with Crippen LogP contribution in [0.1, 0.15) is 48.9 Å². The molecular formula is C23H29N3O3S. The third kappa shape index (κ3) is 4.74. The molecule has 2 atom stereocenters. The molecule has 0 aliphatic carbocycles. The fraction of sp³-hybridized carbons (Fsp3) is 0.391. The van der Waals surface area contributed by atoms with Crippen LogP contribution < -0.4 is 16.0 Å². The summed E-state index contributed by atoms with van der Waals surface area (Å²) in [5, 5.41) is 9.17. The van der Waals surface area contributed by atoms with Crippen molar-refractivity contribution in [3.05, 3.63) is 40.6 Å². The smallest absolute Gasteiger partial charge is 0.411 e. The molecule has 1 aliphatic rings. The van der Waals surface area contributed by atoms with Crippen molar-refractivity contribution in [1.29, 1.82) is 0 Å². The summed E-state index contributed by atoms with van der Waals surface area (Å²) < 4.78 is 4.69. The van der Waals surface area contributed by atoms with Crippen molar-refractivity contribution in [2.75, 3.05) is 24.8 Å². The molecule has 2 bridgehead atoms. The molecule has 2 aromatic rings. The number of fused-ring (bicyclic) bond motifs is 4. The van der Waals surface area contributed by atoms with E-state index in [1.165, 1.54) is 12.0 Å². The Hall–Kier alpha value is -2.64. The van der Waals surface area contributed by atoms with Crippen molar-refractivity contribution in [1.82, 2.24) is 5.32 Å². The van der Waals surface area contributed by atoms with Crippen molar-refractivity contribution < 1.29 is 14.3 Å². The highest BCUT2D eigenvalue weighted by Crippen LogP contribution is 2.43. The van der Waals surface area contributed by atoms with E-state index in [0.29, 0.717) is 11.4 Å². The highest BCUT2D eigenvalue weighted by molar-refractivity contribution is 7.13. The standard InChI is InChI=1S/C23H29N3O3S/c1-13(2)21-17-12-20(30-21)18(24-4)8-6-7-14(3)22(27)26-19-11-15(9-10-16(17)19)25-23(28)29-5/h9-12,14,18,24H,1,6-8H2,2-5H3,(H,25,28)(H,26,27)/t14-,18+/m1/s1. The number of anilines is 2. The zero-order valence-corrected chi connectivity index (χ0v) is 18.7. The van der Waals surface area contributed by atoms with Gasteiger partial charge in [0, 0.05) is 38.5 Å². The van der Waals surface area contributed by atoms with Gasteiger partial charge in [0.05, 0.1) is 12.8 Å². The number of allylic oxidation sites excluding steroid dienone is 1. The molecule has 160 valence electrons.